The van der Waals surface area contributed by atoms with Gasteiger partial charge in [0.1, 0.15) is 0 Å². The molecule has 19 heavy (non-hydrogen) atoms. The number of hydrogen-bond acceptors (Lipinski definition) is 3. The molecule has 0 radical (unpaired) electrons. The summed E-state index contributed by atoms with van der Waals surface area (Å²) in [6, 6.07) is 9.20. The summed E-state index contributed by atoms with van der Waals surface area (Å²) >= 11 is 0. The molecule has 0 aromatic heterocycles. The highest BCUT2D eigenvalue weighted by Gasteiger charge is 2.42. The molecular weight excluding hydrogens is 238 g/mol. The second kappa shape index (κ2) is 5.61. The Labute approximate surface area is 115 Å². The summed E-state index contributed by atoms with van der Waals surface area (Å²) in [6.07, 6.45) is 2.86. The first-order valence-electron chi connectivity index (χ1n) is 7.22. The molecule has 1 saturated carbocycles. The normalized spacial score (nSPS) is 31.4. The van der Waals surface area contributed by atoms with Gasteiger partial charge in [0.2, 0.25) is 0 Å². The summed E-state index contributed by atoms with van der Waals surface area (Å²) in [4.78, 5) is 2.58. The van der Waals surface area contributed by atoms with Crippen LogP contribution in [0, 0.1) is 6.92 Å². The van der Waals surface area contributed by atoms with Crippen LogP contribution in [0.25, 0.3) is 0 Å². The number of hydrogen-bond donors (Lipinski definition) is 0. The van der Waals surface area contributed by atoms with Gasteiger partial charge in [0.05, 0.1) is 18.8 Å². The zero-order valence-electron chi connectivity index (χ0n) is 11.8. The standard InChI is InChI=1S/C16H23NO2/c1-12-5-3-4-6-13(12)11-17-9-10-19-16-14(17)7-8-15(16)18-2/h3-6,14-16H,7-11H2,1-2H3/t14-,15-,16+/m0/s1. The van der Waals surface area contributed by atoms with E-state index in [-0.39, 0.29) is 12.2 Å². The summed E-state index contributed by atoms with van der Waals surface area (Å²) in [7, 11) is 1.80. The Hall–Kier alpha value is -0.900. The van der Waals surface area contributed by atoms with E-state index in [0.29, 0.717) is 6.04 Å². The molecule has 2 fully saturated rings. The van der Waals surface area contributed by atoms with E-state index in [9.17, 15) is 0 Å². The van der Waals surface area contributed by atoms with Crippen molar-refractivity contribution in [2.24, 2.45) is 0 Å². The van der Waals surface area contributed by atoms with Crippen molar-refractivity contribution in [2.75, 3.05) is 20.3 Å². The van der Waals surface area contributed by atoms with Crippen LogP contribution in [0.5, 0.6) is 0 Å². The second-order valence-electron chi connectivity index (χ2n) is 5.65. The van der Waals surface area contributed by atoms with E-state index < -0.39 is 0 Å². The fourth-order valence-electron chi connectivity index (χ4n) is 3.45. The Morgan fingerprint density at radius 2 is 2.16 bits per heavy atom. The third-order valence-corrected chi connectivity index (χ3v) is 4.59. The first-order chi connectivity index (χ1) is 9.29. The Bertz CT molecular complexity index is 435. The maximum atomic E-state index is 5.94. The Balaban J connectivity index is 1.73. The van der Waals surface area contributed by atoms with Gasteiger partial charge in [-0.05, 0) is 30.9 Å². The topological polar surface area (TPSA) is 21.7 Å². The minimum atomic E-state index is 0.266. The molecule has 3 atom stereocenters. The zero-order valence-corrected chi connectivity index (χ0v) is 11.8. The SMILES string of the molecule is CO[C@H]1CC[C@H]2[C@H]1OCCN2Cc1ccccc1C. The number of morpholine rings is 1. The van der Waals surface area contributed by atoms with Gasteiger partial charge in [0, 0.05) is 26.2 Å². The first-order valence-corrected chi connectivity index (χ1v) is 7.22. The molecule has 1 aliphatic heterocycles. The maximum absolute atomic E-state index is 5.94. The lowest BCUT2D eigenvalue weighted by Gasteiger charge is -2.39. The van der Waals surface area contributed by atoms with Crippen LogP contribution < -0.4 is 0 Å². The predicted molar refractivity (Wildman–Crippen MR) is 75.1 cm³/mol. The molecule has 1 heterocycles. The van der Waals surface area contributed by atoms with Crippen LogP contribution in [-0.4, -0.2) is 43.4 Å². The molecule has 1 saturated heterocycles. The van der Waals surface area contributed by atoms with Crippen molar-refractivity contribution in [1.29, 1.82) is 0 Å². The minimum Gasteiger partial charge on any atom is -0.379 e. The summed E-state index contributed by atoms with van der Waals surface area (Å²) in [5.41, 5.74) is 2.82. The molecular formula is C16H23NO2. The van der Waals surface area contributed by atoms with Crippen molar-refractivity contribution in [1.82, 2.24) is 4.90 Å². The lowest BCUT2D eigenvalue weighted by Crippen LogP contribution is -2.51. The molecule has 0 spiro atoms. The highest BCUT2D eigenvalue weighted by atomic mass is 16.5. The molecule has 0 unspecified atom stereocenters. The van der Waals surface area contributed by atoms with Crippen LogP contribution >= 0.6 is 0 Å². The fourth-order valence-corrected chi connectivity index (χ4v) is 3.45. The monoisotopic (exact) mass is 261 g/mol. The predicted octanol–water partition coefficient (Wildman–Crippen LogP) is 2.37. The highest BCUT2D eigenvalue weighted by Crippen LogP contribution is 2.32. The number of rotatable bonds is 3. The minimum absolute atomic E-state index is 0.266. The summed E-state index contributed by atoms with van der Waals surface area (Å²) in [6.45, 7) is 5.09. The number of benzene rings is 1. The largest absolute Gasteiger partial charge is 0.379 e. The molecule has 0 bridgehead atoms. The van der Waals surface area contributed by atoms with Crippen molar-refractivity contribution in [2.45, 2.75) is 44.6 Å². The van der Waals surface area contributed by atoms with Gasteiger partial charge in [-0.1, -0.05) is 24.3 Å². The van der Waals surface area contributed by atoms with Gasteiger partial charge in [0.15, 0.2) is 0 Å². The molecule has 104 valence electrons. The number of ether oxygens (including phenoxy) is 2. The Kier molecular flexibility index (Phi) is 3.87. The fraction of sp³-hybridized carbons (Fsp3) is 0.625. The summed E-state index contributed by atoms with van der Waals surface area (Å²) < 4.78 is 11.5. The Morgan fingerprint density at radius 1 is 1.32 bits per heavy atom. The summed E-state index contributed by atoms with van der Waals surface area (Å²) in [5, 5.41) is 0. The molecule has 3 nitrogen and oxygen atoms in total. The van der Waals surface area contributed by atoms with Gasteiger partial charge in [-0.2, -0.15) is 0 Å². The van der Waals surface area contributed by atoms with E-state index in [1.165, 1.54) is 17.5 Å². The van der Waals surface area contributed by atoms with Crippen LogP contribution in [0.1, 0.15) is 24.0 Å². The first kappa shape index (κ1) is 13.1. The Morgan fingerprint density at radius 3 is 2.95 bits per heavy atom. The molecule has 3 rings (SSSR count). The van der Waals surface area contributed by atoms with E-state index in [1.807, 2.05) is 0 Å². The second-order valence-corrected chi connectivity index (χ2v) is 5.65. The molecule has 0 amide bonds. The van der Waals surface area contributed by atoms with Crippen LogP contribution in [0.3, 0.4) is 0 Å². The van der Waals surface area contributed by atoms with E-state index in [0.717, 1.165) is 26.1 Å². The third kappa shape index (κ3) is 2.55. The van der Waals surface area contributed by atoms with Crippen molar-refractivity contribution >= 4 is 0 Å². The number of aryl methyl sites for hydroxylation is 1. The number of nitrogens with zero attached hydrogens (tertiary/aromatic N) is 1. The van der Waals surface area contributed by atoms with Crippen molar-refractivity contribution in [3.05, 3.63) is 35.4 Å². The molecule has 3 heteroatoms. The van der Waals surface area contributed by atoms with Crippen LogP contribution in [0.2, 0.25) is 0 Å². The maximum Gasteiger partial charge on any atom is 0.0991 e. The highest BCUT2D eigenvalue weighted by molar-refractivity contribution is 5.25. The lowest BCUT2D eigenvalue weighted by molar-refractivity contribution is -0.106. The zero-order chi connectivity index (χ0) is 13.2. The van der Waals surface area contributed by atoms with Crippen LogP contribution in [0.4, 0.5) is 0 Å². The smallest absolute Gasteiger partial charge is 0.0991 e. The number of methoxy groups -OCH3 is 1. The average Bonchev–Trinajstić information content (AvgIpc) is 2.85. The van der Waals surface area contributed by atoms with Gasteiger partial charge in [0.25, 0.3) is 0 Å². The van der Waals surface area contributed by atoms with E-state index in [2.05, 4.69) is 36.1 Å². The van der Waals surface area contributed by atoms with Gasteiger partial charge in [-0.25, -0.2) is 0 Å². The molecule has 1 aromatic carbocycles. The van der Waals surface area contributed by atoms with Gasteiger partial charge in [-0.3, -0.25) is 4.90 Å². The quantitative estimate of drug-likeness (QED) is 0.834. The number of fused-ring (bicyclic) bond motifs is 1. The van der Waals surface area contributed by atoms with E-state index in [1.54, 1.807) is 7.11 Å². The third-order valence-electron chi connectivity index (χ3n) is 4.59. The molecule has 1 aromatic rings. The molecule has 1 aliphatic carbocycles. The average molecular weight is 261 g/mol. The van der Waals surface area contributed by atoms with Crippen molar-refractivity contribution < 1.29 is 9.47 Å². The lowest BCUT2D eigenvalue weighted by atomic mass is 10.1. The van der Waals surface area contributed by atoms with Gasteiger partial charge in [-0.15, -0.1) is 0 Å². The van der Waals surface area contributed by atoms with E-state index in [4.69, 9.17) is 9.47 Å². The molecule has 2 aliphatic rings. The van der Waals surface area contributed by atoms with Crippen LogP contribution in [0.15, 0.2) is 24.3 Å². The summed E-state index contributed by atoms with van der Waals surface area (Å²) in [5.74, 6) is 0. The molecule has 0 N–H and O–H groups in total. The van der Waals surface area contributed by atoms with Gasteiger partial charge < -0.3 is 9.47 Å². The van der Waals surface area contributed by atoms with Crippen LogP contribution in [-0.2, 0) is 16.0 Å². The van der Waals surface area contributed by atoms with E-state index >= 15 is 0 Å². The van der Waals surface area contributed by atoms with Crippen molar-refractivity contribution in [3.63, 3.8) is 0 Å². The van der Waals surface area contributed by atoms with Crippen molar-refractivity contribution in [3.8, 4) is 0 Å². The van der Waals surface area contributed by atoms with Gasteiger partial charge >= 0.3 is 0 Å².